The number of nitrogens with zero attached hydrogens (tertiary/aromatic N) is 2. The molecule has 0 atom stereocenters. The summed E-state index contributed by atoms with van der Waals surface area (Å²) in [7, 11) is 1.42. The number of pyridine rings is 1. The van der Waals surface area contributed by atoms with Gasteiger partial charge in [-0.25, -0.2) is 4.98 Å². The van der Waals surface area contributed by atoms with E-state index in [1.54, 1.807) is 6.92 Å². The van der Waals surface area contributed by atoms with E-state index >= 15 is 0 Å². The van der Waals surface area contributed by atoms with E-state index in [1.807, 2.05) is 0 Å². The molecule has 0 aliphatic rings. The van der Waals surface area contributed by atoms with Crippen LogP contribution >= 0.6 is 0 Å². The van der Waals surface area contributed by atoms with Crippen LogP contribution in [-0.2, 0) is 0 Å². The Morgan fingerprint density at radius 3 is 2.77 bits per heavy atom. The lowest BCUT2D eigenvalue weighted by Gasteiger charge is -2.04. The van der Waals surface area contributed by atoms with Crippen LogP contribution in [0.2, 0.25) is 0 Å². The van der Waals surface area contributed by atoms with Crippen molar-refractivity contribution in [1.29, 1.82) is 0 Å². The monoisotopic (exact) mass is 183 g/mol. The standard InChI is InChI=1S/C7H9N3O3/c1-4-5(13-2)3-9-7(8)6(4)10(11)12/h3H,1-2H3,(H2,8,9). The molecule has 0 unspecified atom stereocenters. The second kappa shape index (κ2) is 3.26. The van der Waals surface area contributed by atoms with Gasteiger partial charge in [0.25, 0.3) is 0 Å². The van der Waals surface area contributed by atoms with Crippen molar-refractivity contribution < 1.29 is 9.66 Å². The van der Waals surface area contributed by atoms with Gasteiger partial charge in [-0.2, -0.15) is 0 Å². The Kier molecular flexibility index (Phi) is 2.32. The summed E-state index contributed by atoms with van der Waals surface area (Å²) in [5.74, 6) is 0.268. The zero-order valence-electron chi connectivity index (χ0n) is 7.27. The second-order valence-electron chi connectivity index (χ2n) is 2.44. The fourth-order valence-electron chi connectivity index (χ4n) is 1.03. The summed E-state index contributed by atoms with van der Waals surface area (Å²) in [6.07, 6.45) is 1.36. The Balaban J connectivity index is 3.38. The molecule has 1 aromatic heterocycles. The summed E-state index contributed by atoms with van der Waals surface area (Å²) in [6, 6.07) is 0. The van der Waals surface area contributed by atoms with Crippen LogP contribution in [0.25, 0.3) is 0 Å². The number of hydrogen-bond donors (Lipinski definition) is 1. The molecule has 0 amide bonds. The maximum absolute atomic E-state index is 10.5. The predicted octanol–water partition coefficient (Wildman–Crippen LogP) is 0.889. The molecular weight excluding hydrogens is 174 g/mol. The molecule has 0 aromatic carbocycles. The lowest BCUT2D eigenvalue weighted by atomic mass is 10.2. The van der Waals surface area contributed by atoms with Gasteiger partial charge < -0.3 is 10.5 Å². The molecule has 0 aliphatic heterocycles. The van der Waals surface area contributed by atoms with Crippen molar-refractivity contribution in [2.75, 3.05) is 12.8 Å². The summed E-state index contributed by atoms with van der Waals surface area (Å²) < 4.78 is 4.87. The van der Waals surface area contributed by atoms with Crippen molar-refractivity contribution in [2.45, 2.75) is 6.92 Å². The van der Waals surface area contributed by atoms with Crippen molar-refractivity contribution in [3.8, 4) is 5.75 Å². The number of methoxy groups -OCH3 is 1. The Labute approximate surface area is 74.5 Å². The first-order chi connectivity index (χ1) is 6.07. The van der Waals surface area contributed by atoms with Crippen molar-refractivity contribution in [1.82, 2.24) is 4.98 Å². The normalized spacial score (nSPS) is 9.69. The summed E-state index contributed by atoms with van der Waals surface area (Å²) in [6.45, 7) is 1.56. The average Bonchev–Trinajstić information content (AvgIpc) is 2.04. The number of nitro groups is 1. The quantitative estimate of drug-likeness (QED) is 0.543. The van der Waals surface area contributed by atoms with Crippen molar-refractivity contribution >= 4 is 11.5 Å². The minimum atomic E-state index is -0.569. The van der Waals surface area contributed by atoms with Gasteiger partial charge in [0.15, 0.2) is 0 Å². The SMILES string of the molecule is COc1cnc(N)c([N+](=O)[O-])c1C. The minimum absolute atomic E-state index is 0.0942. The highest BCUT2D eigenvalue weighted by Gasteiger charge is 2.19. The van der Waals surface area contributed by atoms with Gasteiger partial charge in [-0.05, 0) is 6.92 Å². The third kappa shape index (κ3) is 1.51. The molecule has 0 aliphatic carbocycles. The van der Waals surface area contributed by atoms with Crippen molar-refractivity contribution in [3.63, 3.8) is 0 Å². The highest BCUT2D eigenvalue weighted by molar-refractivity contribution is 5.60. The summed E-state index contributed by atoms with van der Waals surface area (Å²) in [5, 5.41) is 10.5. The average molecular weight is 183 g/mol. The molecule has 6 heteroatoms. The summed E-state index contributed by atoms with van der Waals surface area (Å²) in [4.78, 5) is 13.6. The molecule has 1 rings (SSSR count). The summed E-state index contributed by atoms with van der Waals surface area (Å²) in [5.41, 5.74) is 5.53. The topological polar surface area (TPSA) is 91.3 Å². The van der Waals surface area contributed by atoms with E-state index in [-0.39, 0.29) is 11.5 Å². The molecule has 6 nitrogen and oxygen atoms in total. The first kappa shape index (κ1) is 9.24. The van der Waals surface area contributed by atoms with Crippen LogP contribution in [0.3, 0.4) is 0 Å². The number of aromatic nitrogens is 1. The van der Waals surface area contributed by atoms with Gasteiger partial charge in [0.1, 0.15) is 5.75 Å². The maximum Gasteiger partial charge on any atom is 0.317 e. The molecule has 0 fully saturated rings. The number of anilines is 1. The summed E-state index contributed by atoms with van der Waals surface area (Å²) >= 11 is 0. The Morgan fingerprint density at radius 1 is 1.69 bits per heavy atom. The van der Waals surface area contributed by atoms with Gasteiger partial charge in [-0.3, -0.25) is 10.1 Å². The Hall–Kier alpha value is -1.85. The van der Waals surface area contributed by atoms with Crippen LogP contribution in [0.4, 0.5) is 11.5 Å². The van der Waals surface area contributed by atoms with Crippen LogP contribution in [0, 0.1) is 17.0 Å². The minimum Gasteiger partial charge on any atom is -0.495 e. The lowest BCUT2D eigenvalue weighted by Crippen LogP contribution is -2.02. The van der Waals surface area contributed by atoms with Crippen LogP contribution in [-0.4, -0.2) is 17.0 Å². The number of hydrogen-bond acceptors (Lipinski definition) is 5. The van der Waals surface area contributed by atoms with Crippen LogP contribution in [0.5, 0.6) is 5.75 Å². The van der Waals surface area contributed by atoms with Crippen molar-refractivity contribution in [3.05, 3.63) is 21.9 Å². The first-order valence-corrected chi connectivity index (χ1v) is 3.51. The predicted molar refractivity (Wildman–Crippen MR) is 46.6 cm³/mol. The molecule has 0 bridgehead atoms. The highest BCUT2D eigenvalue weighted by Crippen LogP contribution is 2.30. The van der Waals surface area contributed by atoms with E-state index in [9.17, 15) is 10.1 Å². The molecule has 1 aromatic rings. The number of rotatable bonds is 2. The zero-order chi connectivity index (χ0) is 10.0. The largest absolute Gasteiger partial charge is 0.495 e. The Bertz CT molecular complexity index is 351. The van der Waals surface area contributed by atoms with E-state index in [1.165, 1.54) is 13.3 Å². The van der Waals surface area contributed by atoms with E-state index in [0.29, 0.717) is 11.3 Å². The van der Waals surface area contributed by atoms with Crippen LogP contribution in [0.15, 0.2) is 6.20 Å². The van der Waals surface area contributed by atoms with E-state index in [0.717, 1.165) is 0 Å². The Morgan fingerprint density at radius 2 is 2.31 bits per heavy atom. The van der Waals surface area contributed by atoms with Gasteiger partial charge in [0, 0.05) is 0 Å². The molecule has 0 saturated heterocycles. The molecular formula is C7H9N3O3. The smallest absolute Gasteiger partial charge is 0.317 e. The third-order valence-electron chi connectivity index (χ3n) is 1.69. The van der Waals surface area contributed by atoms with Gasteiger partial charge >= 0.3 is 5.69 Å². The van der Waals surface area contributed by atoms with Gasteiger partial charge in [-0.1, -0.05) is 0 Å². The number of ether oxygens (including phenoxy) is 1. The van der Waals surface area contributed by atoms with E-state index in [2.05, 4.69) is 4.98 Å². The lowest BCUT2D eigenvalue weighted by molar-refractivity contribution is -0.384. The fraction of sp³-hybridized carbons (Fsp3) is 0.286. The molecule has 0 spiro atoms. The molecule has 1 heterocycles. The van der Waals surface area contributed by atoms with Gasteiger partial charge in [0.2, 0.25) is 5.82 Å². The van der Waals surface area contributed by atoms with Crippen LogP contribution < -0.4 is 10.5 Å². The molecule has 2 N–H and O–H groups in total. The fourth-order valence-corrected chi connectivity index (χ4v) is 1.03. The van der Waals surface area contributed by atoms with Crippen molar-refractivity contribution in [2.24, 2.45) is 0 Å². The maximum atomic E-state index is 10.5. The number of nitrogens with two attached hydrogens (primary N) is 1. The van der Waals surface area contributed by atoms with Gasteiger partial charge in [0.05, 0.1) is 23.8 Å². The molecule has 0 saturated carbocycles. The van der Waals surface area contributed by atoms with Gasteiger partial charge in [-0.15, -0.1) is 0 Å². The molecule has 70 valence electrons. The second-order valence-corrected chi connectivity index (χ2v) is 2.44. The third-order valence-corrected chi connectivity index (χ3v) is 1.69. The zero-order valence-corrected chi connectivity index (χ0v) is 7.27. The first-order valence-electron chi connectivity index (χ1n) is 3.51. The van der Waals surface area contributed by atoms with E-state index < -0.39 is 4.92 Å². The van der Waals surface area contributed by atoms with E-state index in [4.69, 9.17) is 10.5 Å². The molecule has 0 radical (unpaired) electrons. The van der Waals surface area contributed by atoms with Crippen LogP contribution in [0.1, 0.15) is 5.56 Å². The number of nitrogen functional groups attached to an aromatic ring is 1. The highest BCUT2D eigenvalue weighted by atomic mass is 16.6. The molecule has 13 heavy (non-hydrogen) atoms.